The number of carbonyl (C=O) groups is 1. The van der Waals surface area contributed by atoms with E-state index in [9.17, 15) is 4.79 Å². The van der Waals surface area contributed by atoms with Crippen molar-refractivity contribution in [3.05, 3.63) is 0 Å². The molecule has 3 nitrogen and oxygen atoms in total. The van der Waals surface area contributed by atoms with Gasteiger partial charge in [0, 0.05) is 18.3 Å². The average Bonchev–Trinajstić information content (AvgIpc) is 2.55. The predicted molar refractivity (Wildman–Crippen MR) is 71.0 cm³/mol. The van der Waals surface area contributed by atoms with Gasteiger partial charge in [-0.3, -0.25) is 4.79 Å². The fourth-order valence-corrected chi connectivity index (χ4v) is 2.75. The lowest BCUT2D eigenvalue weighted by Gasteiger charge is -2.15. The molecule has 1 aliphatic rings. The first-order chi connectivity index (χ1) is 7.97. The van der Waals surface area contributed by atoms with Gasteiger partial charge in [-0.1, -0.05) is 41.0 Å². The molecule has 1 unspecified atom stereocenters. The molecule has 1 N–H and O–H groups in total. The number of nitrogens with zero attached hydrogens (tertiary/aromatic N) is 1. The molecule has 1 rings (SSSR count). The van der Waals surface area contributed by atoms with Crippen molar-refractivity contribution >= 4 is 11.6 Å². The van der Waals surface area contributed by atoms with E-state index in [1.165, 1.54) is 18.6 Å². The molecule has 1 saturated heterocycles. The number of carbonyl (C=O) groups excluding carboxylic acids is 1. The molecule has 0 saturated carbocycles. The summed E-state index contributed by atoms with van der Waals surface area (Å²) in [7, 11) is 0. The van der Waals surface area contributed by atoms with E-state index in [0.29, 0.717) is 24.3 Å². The Balaban J connectivity index is 2.96. The van der Waals surface area contributed by atoms with Crippen molar-refractivity contribution in [2.75, 3.05) is 0 Å². The fraction of sp³-hybridized carbons (Fsp3) is 0.857. The standard InChI is InChI=1S/C14H26N2O/c1-6-7-8-12-9-13(17)15-16(12)14(10(2)3)11(4)5/h10-12H,6-9H2,1-5H3/p+1. The van der Waals surface area contributed by atoms with Crippen LogP contribution in [0.4, 0.5) is 0 Å². The summed E-state index contributed by atoms with van der Waals surface area (Å²) in [5.41, 5.74) is 4.39. The lowest BCUT2D eigenvalue weighted by molar-refractivity contribution is -0.597. The third kappa shape index (κ3) is 3.55. The minimum absolute atomic E-state index is 0.171. The summed E-state index contributed by atoms with van der Waals surface area (Å²) >= 11 is 0. The van der Waals surface area contributed by atoms with Gasteiger partial charge in [-0.15, -0.1) is 10.1 Å². The first kappa shape index (κ1) is 14.2. The number of hydrazone groups is 1. The van der Waals surface area contributed by atoms with Crippen LogP contribution in [0.1, 0.15) is 60.3 Å². The maximum atomic E-state index is 11.6. The minimum Gasteiger partial charge on any atom is -0.269 e. The van der Waals surface area contributed by atoms with Crippen LogP contribution in [-0.2, 0) is 4.79 Å². The molecule has 0 aromatic heterocycles. The van der Waals surface area contributed by atoms with Crippen molar-refractivity contribution < 1.29 is 9.48 Å². The Morgan fingerprint density at radius 3 is 2.41 bits per heavy atom. The van der Waals surface area contributed by atoms with Gasteiger partial charge in [-0.05, 0) is 6.42 Å². The van der Waals surface area contributed by atoms with Crippen molar-refractivity contribution in [3.8, 4) is 0 Å². The summed E-state index contributed by atoms with van der Waals surface area (Å²) in [6.45, 7) is 11.0. The molecule has 0 aromatic carbocycles. The van der Waals surface area contributed by atoms with Gasteiger partial charge >= 0.3 is 0 Å². The lowest BCUT2D eigenvalue weighted by Crippen LogP contribution is -2.39. The van der Waals surface area contributed by atoms with Gasteiger partial charge in [0.25, 0.3) is 5.91 Å². The molecule has 1 amide bonds. The number of hydrogen-bond acceptors (Lipinski definition) is 1. The second-order valence-electron chi connectivity index (χ2n) is 5.64. The third-order valence-electron chi connectivity index (χ3n) is 3.38. The number of nitrogens with one attached hydrogen (secondary N) is 1. The zero-order chi connectivity index (χ0) is 13.0. The van der Waals surface area contributed by atoms with Gasteiger partial charge in [-0.2, -0.15) is 0 Å². The Hall–Kier alpha value is -0.860. The van der Waals surface area contributed by atoms with Crippen molar-refractivity contribution in [2.45, 2.75) is 66.3 Å². The molecule has 3 heteroatoms. The van der Waals surface area contributed by atoms with Crippen LogP contribution >= 0.6 is 0 Å². The normalized spacial score (nSPS) is 20.3. The van der Waals surface area contributed by atoms with E-state index in [-0.39, 0.29) is 5.91 Å². The van der Waals surface area contributed by atoms with E-state index in [1.807, 2.05) is 0 Å². The summed E-state index contributed by atoms with van der Waals surface area (Å²) in [6, 6.07) is 0.363. The summed E-state index contributed by atoms with van der Waals surface area (Å²) in [4.78, 5) is 11.6. The van der Waals surface area contributed by atoms with E-state index in [2.05, 4.69) is 44.7 Å². The van der Waals surface area contributed by atoms with Crippen LogP contribution in [0.2, 0.25) is 0 Å². The minimum atomic E-state index is 0.171. The molecule has 0 aromatic rings. The molecular weight excluding hydrogens is 212 g/mol. The number of unbranched alkanes of at least 4 members (excludes halogenated alkanes) is 1. The second kappa shape index (κ2) is 6.18. The fourth-order valence-electron chi connectivity index (χ4n) is 2.75. The molecule has 0 aliphatic carbocycles. The first-order valence-corrected chi connectivity index (χ1v) is 6.92. The van der Waals surface area contributed by atoms with Gasteiger partial charge in [-0.25, -0.2) is 0 Å². The molecule has 98 valence electrons. The molecular formula is C14H27N2O+. The molecule has 1 atom stereocenters. The van der Waals surface area contributed by atoms with Gasteiger partial charge in [0.05, 0.1) is 6.42 Å². The van der Waals surface area contributed by atoms with Crippen molar-refractivity contribution in [1.82, 2.24) is 5.43 Å². The van der Waals surface area contributed by atoms with Crippen LogP contribution in [0, 0.1) is 11.8 Å². The van der Waals surface area contributed by atoms with Gasteiger partial charge in [0.1, 0.15) is 0 Å². The highest BCUT2D eigenvalue weighted by molar-refractivity contribution is 5.85. The average molecular weight is 239 g/mol. The van der Waals surface area contributed by atoms with Crippen LogP contribution in [0.15, 0.2) is 0 Å². The Bertz CT molecular complexity index is 295. The summed E-state index contributed by atoms with van der Waals surface area (Å²) < 4.78 is 2.16. The van der Waals surface area contributed by atoms with Crippen LogP contribution in [0.25, 0.3) is 0 Å². The zero-order valence-corrected chi connectivity index (χ0v) is 11.9. The molecule has 0 radical (unpaired) electrons. The largest absolute Gasteiger partial charge is 0.281 e. The Labute approximate surface area is 105 Å². The van der Waals surface area contributed by atoms with Crippen LogP contribution < -0.4 is 5.43 Å². The molecule has 1 heterocycles. The zero-order valence-electron chi connectivity index (χ0n) is 11.9. The molecule has 0 bridgehead atoms. The Kier molecular flexibility index (Phi) is 5.16. The maximum Gasteiger partial charge on any atom is 0.281 e. The van der Waals surface area contributed by atoms with Gasteiger partial charge in [0.2, 0.25) is 0 Å². The summed E-state index contributed by atoms with van der Waals surface area (Å²) in [5, 5.41) is 0. The van der Waals surface area contributed by atoms with E-state index in [4.69, 9.17) is 0 Å². The third-order valence-corrected chi connectivity index (χ3v) is 3.38. The van der Waals surface area contributed by atoms with Gasteiger partial charge < -0.3 is 0 Å². The van der Waals surface area contributed by atoms with Gasteiger partial charge in [0.15, 0.2) is 11.8 Å². The van der Waals surface area contributed by atoms with Crippen molar-refractivity contribution in [3.63, 3.8) is 0 Å². The monoisotopic (exact) mass is 239 g/mol. The van der Waals surface area contributed by atoms with Crippen LogP contribution in [-0.4, -0.2) is 22.3 Å². The quantitative estimate of drug-likeness (QED) is 0.735. The summed E-state index contributed by atoms with van der Waals surface area (Å²) in [5.74, 6) is 1.14. The summed E-state index contributed by atoms with van der Waals surface area (Å²) in [6.07, 6.45) is 4.15. The lowest BCUT2D eigenvalue weighted by atomic mass is 9.96. The second-order valence-corrected chi connectivity index (χ2v) is 5.64. The molecule has 1 fully saturated rings. The van der Waals surface area contributed by atoms with Crippen LogP contribution in [0.5, 0.6) is 0 Å². The molecule has 0 spiro atoms. The SMILES string of the molecule is CCCCC1CC(=O)N[N+]1=C(C(C)C)C(C)C. The highest BCUT2D eigenvalue weighted by Gasteiger charge is 2.38. The van der Waals surface area contributed by atoms with E-state index < -0.39 is 0 Å². The first-order valence-electron chi connectivity index (χ1n) is 6.92. The molecule has 1 aliphatic heterocycles. The van der Waals surface area contributed by atoms with E-state index in [1.54, 1.807) is 0 Å². The van der Waals surface area contributed by atoms with Crippen LogP contribution in [0.3, 0.4) is 0 Å². The topological polar surface area (TPSA) is 32.1 Å². The van der Waals surface area contributed by atoms with E-state index >= 15 is 0 Å². The number of hydrazine groups is 1. The number of hydrogen-bond donors (Lipinski definition) is 1. The predicted octanol–water partition coefficient (Wildman–Crippen LogP) is 2.75. The van der Waals surface area contributed by atoms with Crippen molar-refractivity contribution in [2.24, 2.45) is 11.8 Å². The highest BCUT2D eigenvalue weighted by atomic mass is 16.2. The van der Waals surface area contributed by atoms with E-state index in [0.717, 1.165) is 6.42 Å². The smallest absolute Gasteiger partial charge is 0.269 e. The number of rotatable bonds is 5. The Morgan fingerprint density at radius 2 is 1.94 bits per heavy atom. The Morgan fingerprint density at radius 1 is 1.35 bits per heavy atom. The molecule has 17 heavy (non-hydrogen) atoms. The number of amides is 1. The maximum absolute atomic E-state index is 11.6. The highest BCUT2D eigenvalue weighted by Crippen LogP contribution is 2.17. The van der Waals surface area contributed by atoms with Crippen molar-refractivity contribution in [1.29, 1.82) is 0 Å².